The Morgan fingerprint density at radius 3 is 2.76 bits per heavy atom. The predicted molar refractivity (Wildman–Crippen MR) is 63.0 cm³/mol. The van der Waals surface area contributed by atoms with Crippen molar-refractivity contribution >= 4 is 5.91 Å². The summed E-state index contributed by atoms with van der Waals surface area (Å²) in [4.78, 5) is 11.2. The Balaban J connectivity index is 2.30. The third-order valence-electron chi connectivity index (χ3n) is 2.21. The van der Waals surface area contributed by atoms with Crippen molar-refractivity contribution in [2.75, 3.05) is 19.8 Å². The number of benzene rings is 1. The standard InChI is InChI=1S/C12H17NO4/c1-2-17-8-12(16)13-6-5-9-3-4-10(14)11(15)7-9/h3-4,7,14-15H,2,5-6,8H2,1H3,(H,13,16). The highest BCUT2D eigenvalue weighted by molar-refractivity contribution is 5.77. The molecule has 5 nitrogen and oxygen atoms in total. The second-order valence-corrected chi connectivity index (χ2v) is 3.56. The van der Waals surface area contributed by atoms with Gasteiger partial charge in [-0.05, 0) is 31.0 Å². The van der Waals surface area contributed by atoms with Crippen LogP contribution in [0.3, 0.4) is 0 Å². The van der Waals surface area contributed by atoms with Gasteiger partial charge in [-0.15, -0.1) is 0 Å². The predicted octanol–water partition coefficient (Wildman–Crippen LogP) is 0.793. The number of hydrogen-bond donors (Lipinski definition) is 3. The topological polar surface area (TPSA) is 78.8 Å². The molecule has 5 heteroatoms. The first-order valence-corrected chi connectivity index (χ1v) is 5.48. The molecule has 0 aliphatic rings. The summed E-state index contributed by atoms with van der Waals surface area (Å²) >= 11 is 0. The van der Waals surface area contributed by atoms with Crippen molar-refractivity contribution in [1.82, 2.24) is 5.32 Å². The third kappa shape index (κ3) is 4.74. The van der Waals surface area contributed by atoms with Crippen LogP contribution in [-0.2, 0) is 16.0 Å². The number of rotatable bonds is 6. The van der Waals surface area contributed by atoms with E-state index in [2.05, 4.69) is 5.32 Å². The molecule has 0 atom stereocenters. The fourth-order valence-corrected chi connectivity index (χ4v) is 1.32. The van der Waals surface area contributed by atoms with E-state index in [1.165, 1.54) is 12.1 Å². The van der Waals surface area contributed by atoms with Crippen molar-refractivity contribution in [2.24, 2.45) is 0 Å². The smallest absolute Gasteiger partial charge is 0.246 e. The fourth-order valence-electron chi connectivity index (χ4n) is 1.32. The van der Waals surface area contributed by atoms with Crippen LogP contribution >= 0.6 is 0 Å². The Kier molecular flexibility index (Phi) is 5.29. The molecule has 1 aromatic rings. The maximum atomic E-state index is 11.2. The lowest BCUT2D eigenvalue weighted by molar-refractivity contribution is -0.125. The lowest BCUT2D eigenvalue weighted by Crippen LogP contribution is -2.29. The average Bonchev–Trinajstić information content (AvgIpc) is 2.31. The summed E-state index contributed by atoms with van der Waals surface area (Å²) in [5.41, 5.74) is 0.844. The summed E-state index contributed by atoms with van der Waals surface area (Å²) in [5, 5.41) is 21.1. The Bertz CT molecular complexity index is 379. The Hall–Kier alpha value is -1.75. The second-order valence-electron chi connectivity index (χ2n) is 3.56. The summed E-state index contributed by atoms with van der Waals surface area (Å²) in [6, 6.07) is 4.60. The molecule has 0 bridgehead atoms. The summed E-state index contributed by atoms with van der Waals surface area (Å²) in [6.07, 6.45) is 0.589. The van der Waals surface area contributed by atoms with Crippen LogP contribution in [0.5, 0.6) is 11.5 Å². The number of amides is 1. The van der Waals surface area contributed by atoms with Gasteiger partial charge in [-0.25, -0.2) is 0 Å². The molecule has 1 aromatic carbocycles. The summed E-state index contributed by atoms with van der Waals surface area (Å²) in [6.45, 7) is 2.87. The quantitative estimate of drug-likeness (QED) is 0.641. The first-order chi connectivity index (χ1) is 8.13. The summed E-state index contributed by atoms with van der Waals surface area (Å²) < 4.78 is 4.95. The number of phenols is 2. The number of phenolic OH excluding ortho intramolecular Hbond substituents is 2. The van der Waals surface area contributed by atoms with Crippen molar-refractivity contribution in [1.29, 1.82) is 0 Å². The second kappa shape index (κ2) is 6.75. The molecule has 0 aromatic heterocycles. The number of aromatic hydroxyl groups is 2. The van der Waals surface area contributed by atoms with Gasteiger partial charge in [0.1, 0.15) is 6.61 Å². The molecule has 0 saturated heterocycles. The van der Waals surface area contributed by atoms with Crippen molar-refractivity contribution in [3.63, 3.8) is 0 Å². The van der Waals surface area contributed by atoms with Crippen LogP contribution in [0, 0.1) is 0 Å². The van der Waals surface area contributed by atoms with Crippen LogP contribution in [0.4, 0.5) is 0 Å². The van der Waals surface area contributed by atoms with E-state index in [4.69, 9.17) is 9.84 Å². The van der Waals surface area contributed by atoms with Crippen LogP contribution in [0.1, 0.15) is 12.5 Å². The van der Waals surface area contributed by atoms with Gasteiger partial charge in [0.05, 0.1) is 0 Å². The van der Waals surface area contributed by atoms with E-state index in [1.807, 2.05) is 6.92 Å². The van der Waals surface area contributed by atoms with Gasteiger partial charge < -0.3 is 20.3 Å². The van der Waals surface area contributed by atoms with E-state index < -0.39 is 0 Å². The third-order valence-corrected chi connectivity index (χ3v) is 2.21. The van der Waals surface area contributed by atoms with Gasteiger partial charge in [0, 0.05) is 13.2 Å². The van der Waals surface area contributed by atoms with Crippen LogP contribution < -0.4 is 5.32 Å². The Labute approximate surface area is 100 Å². The number of ether oxygens (including phenoxy) is 1. The Morgan fingerprint density at radius 2 is 2.12 bits per heavy atom. The molecule has 0 heterocycles. The highest BCUT2D eigenvalue weighted by Crippen LogP contribution is 2.24. The average molecular weight is 239 g/mol. The fraction of sp³-hybridized carbons (Fsp3) is 0.417. The molecule has 0 saturated carbocycles. The molecule has 0 unspecified atom stereocenters. The number of carbonyl (C=O) groups excluding carboxylic acids is 1. The highest BCUT2D eigenvalue weighted by atomic mass is 16.5. The lowest BCUT2D eigenvalue weighted by Gasteiger charge is -2.06. The first kappa shape index (κ1) is 13.3. The molecule has 0 aliphatic carbocycles. The van der Waals surface area contributed by atoms with Gasteiger partial charge in [0.25, 0.3) is 0 Å². The van der Waals surface area contributed by atoms with Crippen LogP contribution in [0.2, 0.25) is 0 Å². The van der Waals surface area contributed by atoms with E-state index >= 15 is 0 Å². The van der Waals surface area contributed by atoms with E-state index in [0.29, 0.717) is 19.6 Å². The maximum Gasteiger partial charge on any atom is 0.246 e. The molecule has 94 valence electrons. The molecule has 0 radical (unpaired) electrons. The minimum atomic E-state index is -0.158. The monoisotopic (exact) mass is 239 g/mol. The zero-order valence-corrected chi connectivity index (χ0v) is 9.77. The molecular weight excluding hydrogens is 222 g/mol. The van der Waals surface area contributed by atoms with Gasteiger partial charge in [-0.2, -0.15) is 0 Å². The molecule has 1 amide bonds. The SMILES string of the molecule is CCOCC(=O)NCCc1ccc(O)c(O)c1. The van der Waals surface area contributed by atoms with E-state index in [-0.39, 0.29) is 24.0 Å². The lowest BCUT2D eigenvalue weighted by atomic mass is 10.1. The minimum absolute atomic E-state index is 0.0668. The van der Waals surface area contributed by atoms with Crippen LogP contribution in [-0.4, -0.2) is 35.9 Å². The van der Waals surface area contributed by atoms with E-state index in [9.17, 15) is 9.90 Å². The zero-order valence-electron chi connectivity index (χ0n) is 9.77. The van der Waals surface area contributed by atoms with Gasteiger partial charge >= 0.3 is 0 Å². The molecule has 0 aliphatic heterocycles. The molecular formula is C12H17NO4. The van der Waals surface area contributed by atoms with Crippen molar-refractivity contribution in [2.45, 2.75) is 13.3 Å². The number of carbonyl (C=O) groups is 1. The van der Waals surface area contributed by atoms with E-state index in [1.54, 1.807) is 6.07 Å². The first-order valence-electron chi connectivity index (χ1n) is 5.48. The normalized spacial score (nSPS) is 10.2. The summed E-state index contributed by atoms with van der Waals surface area (Å²) in [5.74, 6) is -0.452. The van der Waals surface area contributed by atoms with Gasteiger partial charge in [-0.1, -0.05) is 6.07 Å². The Morgan fingerprint density at radius 1 is 1.35 bits per heavy atom. The van der Waals surface area contributed by atoms with Crippen molar-refractivity contribution in [3.05, 3.63) is 23.8 Å². The van der Waals surface area contributed by atoms with Gasteiger partial charge in [0.2, 0.25) is 5.91 Å². The number of hydrogen-bond acceptors (Lipinski definition) is 4. The van der Waals surface area contributed by atoms with E-state index in [0.717, 1.165) is 5.56 Å². The van der Waals surface area contributed by atoms with Crippen molar-refractivity contribution < 1.29 is 19.7 Å². The maximum absolute atomic E-state index is 11.2. The largest absolute Gasteiger partial charge is 0.504 e. The molecule has 1 rings (SSSR count). The van der Waals surface area contributed by atoms with Gasteiger partial charge in [-0.3, -0.25) is 4.79 Å². The molecule has 0 spiro atoms. The molecule has 17 heavy (non-hydrogen) atoms. The highest BCUT2D eigenvalue weighted by Gasteiger charge is 2.02. The number of nitrogens with one attached hydrogen (secondary N) is 1. The van der Waals surface area contributed by atoms with Crippen LogP contribution in [0.25, 0.3) is 0 Å². The molecule has 0 fully saturated rings. The van der Waals surface area contributed by atoms with Crippen molar-refractivity contribution in [3.8, 4) is 11.5 Å². The summed E-state index contributed by atoms with van der Waals surface area (Å²) in [7, 11) is 0. The minimum Gasteiger partial charge on any atom is -0.504 e. The van der Waals surface area contributed by atoms with Gasteiger partial charge in [0.15, 0.2) is 11.5 Å². The van der Waals surface area contributed by atoms with Crippen LogP contribution in [0.15, 0.2) is 18.2 Å². The molecule has 3 N–H and O–H groups in total. The zero-order chi connectivity index (χ0) is 12.7.